The number of methoxy groups -OCH3 is 1. The van der Waals surface area contributed by atoms with E-state index in [0.29, 0.717) is 38.7 Å². The summed E-state index contributed by atoms with van der Waals surface area (Å²) in [7, 11) is 1.65. The lowest BCUT2D eigenvalue weighted by atomic mass is 10.1. The highest BCUT2D eigenvalue weighted by molar-refractivity contribution is 5.46. The van der Waals surface area contributed by atoms with E-state index in [9.17, 15) is 5.11 Å². The number of ether oxygens (including phenoxy) is 3. The Morgan fingerprint density at radius 2 is 2.27 bits per heavy atom. The van der Waals surface area contributed by atoms with E-state index in [0.717, 1.165) is 17.9 Å². The summed E-state index contributed by atoms with van der Waals surface area (Å²) in [5, 5.41) is 10.2. The van der Waals surface area contributed by atoms with Gasteiger partial charge in [0.25, 0.3) is 0 Å². The van der Waals surface area contributed by atoms with Crippen molar-refractivity contribution < 1.29 is 19.3 Å². The highest BCUT2D eigenvalue weighted by Crippen LogP contribution is 2.32. The van der Waals surface area contributed by atoms with Gasteiger partial charge >= 0.3 is 0 Å². The van der Waals surface area contributed by atoms with Crippen molar-refractivity contribution in [2.24, 2.45) is 0 Å². The highest BCUT2D eigenvalue weighted by atomic mass is 16.5. The number of likely N-dealkylation sites (N-methyl/N-ethyl adjacent to an activating group) is 1. The molecule has 1 N–H and O–H groups in total. The average molecular weight is 361 g/mol. The molecule has 1 aliphatic heterocycles. The summed E-state index contributed by atoms with van der Waals surface area (Å²) >= 11 is 0. The second-order valence-electron chi connectivity index (χ2n) is 6.33. The second-order valence-corrected chi connectivity index (χ2v) is 6.33. The fourth-order valence-corrected chi connectivity index (χ4v) is 3.25. The lowest BCUT2D eigenvalue weighted by Crippen LogP contribution is -2.42. The van der Waals surface area contributed by atoms with Gasteiger partial charge in [-0.3, -0.25) is 4.90 Å². The van der Waals surface area contributed by atoms with E-state index in [1.165, 1.54) is 0 Å². The summed E-state index contributed by atoms with van der Waals surface area (Å²) in [6.07, 6.45) is 4.98. The van der Waals surface area contributed by atoms with Crippen LogP contribution in [0.2, 0.25) is 0 Å². The van der Waals surface area contributed by atoms with Gasteiger partial charge in [0.05, 0.1) is 45.3 Å². The fraction of sp³-hybridized carbons (Fsp3) is 0.526. The number of hydrogen-bond acceptors (Lipinski definition) is 6. The standard InChI is InChI=1S/C19H27N3O4/c1-3-22(16-12-25-13-17(16)23)11-15-5-4-6-18(24-2)19(15)26-10-9-21-8-7-20-14-21/h4-8,14,16-17,23H,3,9-13H2,1-2H3/t16-,17-/m1/s1. The molecule has 0 saturated carbocycles. The Labute approximate surface area is 154 Å². The van der Waals surface area contributed by atoms with Crippen LogP contribution >= 0.6 is 0 Å². The monoisotopic (exact) mass is 361 g/mol. The number of nitrogens with zero attached hydrogens (tertiary/aromatic N) is 3. The molecule has 2 aromatic rings. The van der Waals surface area contributed by atoms with E-state index < -0.39 is 6.10 Å². The first-order chi connectivity index (χ1) is 12.7. The van der Waals surface area contributed by atoms with Crippen molar-refractivity contribution >= 4 is 0 Å². The molecule has 1 aromatic heterocycles. The number of para-hydroxylation sites is 1. The van der Waals surface area contributed by atoms with Crippen LogP contribution in [-0.2, 0) is 17.8 Å². The van der Waals surface area contributed by atoms with Crippen LogP contribution < -0.4 is 9.47 Å². The predicted octanol–water partition coefficient (Wildman–Crippen LogP) is 1.55. The summed E-state index contributed by atoms with van der Waals surface area (Å²) in [4.78, 5) is 6.26. The van der Waals surface area contributed by atoms with Gasteiger partial charge in [0.1, 0.15) is 6.61 Å². The third kappa shape index (κ3) is 4.35. The van der Waals surface area contributed by atoms with Crippen LogP contribution in [0.1, 0.15) is 12.5 Å². The van der Waals surface area contributed by atoms with Crippen LogP contribution in [0.3, 0.4) is 0 Å². The van der Waals surface area contributed by atoms with Crippen molar-refractivity contribution in [1.29, 1.82) is 0 Å². The molecule has 1 aromatic carbocycles. The summed E-state index contributed by atoms with van der Waals surface area (Å²) in [5.41, 5.74) is 1.04. The first-order valence-electron chi connectivity index (χ1n) is 8.97. The zero-order valence-electron chi connectivity index (χ0n) is 15.4. The molecule has 142 valence electrons. The average Bonchev–Trinajstić information content (AvgIpc) is 3.32. The third-order valence-electron chi connectivity index (χ3n) is 4.71. The number of rotatable bonds is 9. The number of benzene rings is 1. The number of aromatic nitrogens is 2. The SMILES string of the molecule is CCN(Cc1cccc(OC)c1OCCn1ccnc1)[C@@H]1COC[C@H]1O. The smallest absolute Gasteiger partial charge is 0.165 e. The maximum atomic E-state index is 10.2. The molecule has 1 saturated heterocycles. The maximum absolute atomic E-state index is 10.2. The molecule has 0 aliphatic carbocycles. The zero-order valence-corrected chi connectivity index (χ0v) is 15.4. The molecule has 0 bridgehead atoms. The number of hydrogen-bond donors (Lipinski definition) is 1. The van der Waals surface area contributed by atoms with Gasteiger partial charge < -0.3 is 23.9 Å². The molecule has 7 heteroatoms. The quantitative estimate of drug-likeness (QED) is 0.731. The van der Waals surface area contributed by atoms with E-state index in [1.54, 1.807) is 19.6 Å². The van der Waals surface area contributed by atoms with Gasteiger partial charge in [-0.1, -0.05) is 19.1 Å². The van der Waals surface area contributed by atoms with Gasteiger partial charge in [0.2, 0.25) is 0 Å². The predicted molar refractivity (Wildman–Crippen MR) is 97.4 cm³/mol. The molecule has 7 nitrogen and oxygen atoms in total. The Kier molecular flexibility index (Phi) is 6.49. The molecule has 0 amide bonds. The molecule has 1 aliphatic rings. The molecule has 1 fully saturated rings. The van der Waals surface area contributed by atoms with E-state index in [1.807, 2.05) is 29.0 Å². The Balaban J connectivity index is 1.72. The fourth-order valence-electron chi connectivity index (χ4n) is 3.25. The van der Waals surface area contributed by atoms with Crippen molar-refractivity contribution in [3.8, 4) is 11.5 Å². The third-order valence-corrected chi connectivity index (χ3v) is 4.71. The molecular weight excluding hydrogens is 334 g/mol. The lowest BCUT2D eigenvalue weighted by molar-refractivity contribution is 0.0801. The lowest BCUT2D eigenvalue weighted by Gasteiger charge is -2.29. The minimum atomic E-state index is -0.453. The van der Waals surface area contributed by atoms with Crippen molar-refractivity contribution in [3.63, 3.8) is 0 Å². The van der Waals surface area contributed by atoms with Crippen LogP contribution in [0.25, 0.3) is 0 Å². The van der Waals surface area contributed by atoms with E-state index in [-0.39, 0.29) is 6.04 Å². The van der Waals surface area contributed by atoms with Gasteiger partial charge in [-0.25, -0.2) is 4.98 Å². The molecule has 26 heavy (non-hydrogen) atoms. The number of imidazole rings is 1. The van der Waals surface area contributed by atoms with E-state index in [2.05, 4.69) is 16.8 Å². The van der Waals surface area contributed by atoms with Crippen LogP contribution in [0.15, 0.2) is 36.9 Å². The van der Waals surface area contributed by atoms with Gasteiger partial charge in [-0.2, -0.15) is 0 Å². The number of aliphatic hydroxyl groups excluding tert-OH is 1. The Morgan fingerprint density at radius 1 is 1.38 bits per heavy atom. The molecule has 3 rings (SSSR count). The summed E-state index contributed by atoms with van der Waals surface area (Å²) in [6, 6.07) is 5.91. The highest BCUT2D eigenvalue weighted by Gasteiger charge is 2.31. The van der Waals surface area contributed by atoms with Crippen molar-refractivity contribution in [2.45, 2.75) is 32.2 Å². The zero-order chi connectivity index (χ0) is 18.4. The molecular formula is C19H27N3O4. The van der Waals surface area contributed by atoms with Crippen molar-refractivity contribution in [3.05, 3.63) is 42.5 Å². The largest absolute Gasteiger partial charge is 0.493 e. The summed E-state index contributed by atoms with van der Waals surface area (Å²) in [5.74, 6) is 1.47. The minimum Gasteiger partial charge on any atom is -0.493 e. The van der Waals surface area contributed by atoms with Gasteiger partial charge in [-0.05, 0) is 12.6 Å². The Morgan fingerprint density at radius 3 is 2.92 bits per heavy atom. The van der Waals surface area contributed by atoms with Crippen molar-refractivity contribution in [2.75, 3.05) is 33.5 Å². The van der Waals surface area contributed by atoms with Crippen molar-refractivity contribution in [1.82, 2.24) is 14.5 Å². The summed E-state index contributed by atoms with van der Waals surface area (Å²) < 4.78 is 19.0. The topological polar surface area (TPSA) is 69.0 Å². The first-order valence-corrected chi connectivity index (χ1v) is 8.97. The molecule has 2 heterocycles. The minimum absolute atomic E-state index is 0.00463. The molecule has 2 atom stereocenters. The molecule has 0 spiro atoms. The first kappa shape index (κ1) is 18.7. The van der Waals surface area contributed by atoms with Crippen LogP contribution in [-0.4, -0.2) is 65.2 Å². The second kappa shape index (κ2) is 9.02. The summed E-state index contributed by atoms with van der Waals surface area (Å²) in [6.45, 7) is 5.75. The molecule has 0 radical (unpaired) electrons. The normalized spacial score (nSPS) is 19.8. The Hall–Kier alpha value is -2.09. The molecule has 0 unspecified atom stereocenters. The van der Waals surface area contributed by atoms with Crippen LogP contribution in [0, 0.1) is 0 Å². The van der Waals surface area contributed by atoms with E-state index >= 15 is 0 Å². The van der Waals surface area contributed by atoms with Gasteiger partial charge in [0.15, 0.2) is 11.5 Å². The number of aliphatic hydroxyl groups is 1. The van der Waals surface area contributed by atoms with E-state index in [4.69, 9.17) is 14.2 Å². The van der Waals surface area contributed by atoms with Crippen LogP contribution in [0.5, 0.6) is 11.5 Å². The van der Waals surface area contributed by atoms with Gasteiger partial charge in [-0.15, -0.1) is 0 Å². The maximum Gasteiger partial charge on any atom is 0.165 e. The van der Waals surface area contributed by atoms with Gasteiger partial charge in [0, 0.05) is 24.5 Å². The Bertz CT molecular complexity index is 677. The van der Waals surface area contributed by atoms with Crippen LogP contribution in [0.4, 0.5) is 0 Å².